The standard InChI is InChI=1S/C17H16FN3/c1-3-15-16(13-5-4-10-19-11-13)21(2)17(20-15)12-6-8-14(18)9-7-12/h4-11H,3H2,1-2H3. The van der Waals surface area contributed by atoms with Gasteiger partial charge in [-0.15, -0.1) is 0 Å². The smallest absolute Gasteiger partial charge is 0.140 e. The Hall–Kier alpha value is -2.49. The Morgan fingerprint density at radius 2 is 1.86 bits per heavy atom. The maximum atomic E-state index is 13.1. The van der Waals surface area contributed by atoms with Gasteiger partial charge in [-0.3, -0.25) is 4.98 Å². The van der Waals surface area contributed by atoms with Crippen LogP contribution in [0.25, 0.3) is 22.6 Å². The van der Waals surface area contributed by atoms with Crippen molar-refractivity contribution in [2.45, 2.75) is 13.3 Å². The van der Waals surface area contributed by atoms with E-state index in [-0.39, 0.29) is 5.82 Å². The molecule has 21 heavy (non-hydrogen) atoms. The first kappa shape index (κ1) is 13.5. The maximum absolute atomic E-state index is 13.1. The summed E-state index contributed by atoms with van der Waals surface area (Å²) in [7, 11) is 1.98. The summed E-state index contributed by atoms with van der Waals surface area (Å²) in [5, 5.41) is 0. The van der Waals surface area contributed by atoms with Gasteiger partial charge in [0.1, 0.15) is 11.6 Å². The number of aromatic nitrogens is 3. The number of halogens is 1. The molecule has 3 aromatic rings. The summed E-state index contributed by atoms with van der Waals surface area (Å²) in [6.07, 6.45) is 4.43. The van der Waals surface area contributed by atoms with Crippen LogP contribution in [0.3, 0.4) is 0 Å². The molecule has 0 atom stereocenters. The fourth-order valence-electron chi connectivity index (χ4n) is 2.52. The molecule has 0 aliphatic heterocycles. The molecule has 0 unspecified atom stereocenters. The predicted octanol–water partition coefficient (Wildman–Crippen LogP) is 3.85. The van der Waals surface area contributed by atoms with Crippen LogP contribution in [0.2, 0.25) is 0 Å². The highest BCUT2D eigenvalue weighted by Gasteiger charge is 2.16. The number of benzene rings is 1. The molecule has 0 radical (unpaired) electrons. The lowest BCUT2D eigenvalue weighted by Crippen LogP contribution is -1.96. The molecule has 0 amide bonds. The lowest BCUT2D eigenvalue weighted by Gasteiger charge is -2.07. The molecule has 1 aromatic carbocycles. The van der Waals surface area contributed by atoms with Crippen LogP contribution in [0.5, 0.6) is 0 Å². The number of rotatable bonds is 3. The molecule has 0 saturated carbocycles. The van der Waals surface area contributed by atoms with E-state index in [4.69, 9.17) is 4.98 Å². The fraction of sp³-hybridized carbons (Fsp3) is 0.176. The first-order chi connectivity index (χ1) is 10.2. The summed E-state index contributed by atoms with van der Waals surface area (Å²) in [4.78, 5) is 8.90. The van der Waals surface area contributed by atoms with Crippen LogP contribution in [0.15, 0.2) is 48.8 Å². The lowest BCUT2D eigenvalue weighted by molar-refractivity contribution is 0.628. The Labute approximate surface area is 123 Å². The number of imidazole rings is 1. The molecule has 0 aliphatic rings. The van der Waals surface area contributed by atoms with Crippen LogP contribution in [-0.4, -0.2) is 14.5 Å². The summed E-state index contributed by atoms with van der Waals surface area (Å²) in [5.41, 5.74) is 4.02. The highest BCUT2D eigenvalue weighted by molar-refractivity contribution is 5.68. The van der Waals surface area contributed by atoms with Gasteiger partial charge in [0, 0.05) is 30.6 Å². The van der Waals surface area contributed by atoms with Crippen molar-refractivity contribution in [3.05, 3.63) is 60.3 Å². The lowest BCUT2D eigenvalue weighted by atomic mass is 10.1. The van der Waals surface area contributed by atoms with Gasteiger partial charge in [0.15, 0.2) is 0 Å². The highest BCUT2D eigenvalue weighted by Crippen LogP contribution is 2.29. The van der Waals surface area contributed by atoms with Crippen molar-refractivity contribution in [2.75, 3.05) is 0 Å². The van der Waals surface area contributed by atoms with E-state index in [1.54, 1.807) is 18.3 Å². The molecule has 2 aromatic heterocycles. The topological polar surface area (TPSA) is 30.7 Å². The summed E-state index contributed by atoms with van der Waals surface area (Å²) in [6.45, 7) is 2.08. The zero-order valence-corrected chi connectivity index (χ0v) is 12.0. The normalized spacial score (nSPS) is 10.8. The van der Waals surface area contributed by atoms with Gasteiger partial charge in [-0.2, -0.15) is 0 Å². The molecule has 106 valence electrons. The molecule has 0 aliphatic carbocycles. The van der Waals surface area contributed by atoms with E-state index in [1.807, 2.05) is 29.9 Å². The summed E-state index contributed by atoms with van der Waals surface area (Å²) in [5.74, 6) is 0.599. The van der Waals surface area contributed by atoms with Crippen molar-refractivity contribution in [3.8, 4) is 22.6 Å². The minimum absolute atomic E-state index is 0.240. The van der Waals surface area contributed by atoms with Gasteiger partial charge in [0.05, 0.1) is 11.4 Å². The molecule has 3 rings (SSSR count). The summed E-state index contributed by atoms with van der Waals surface area (Å²) >= 11 is 0. The van der Waals surface area contributed by atoms with Crippen LogP contribution >= 0.6 is 0 Å². The van der Waals surface area contributed by atoms with Crippen molar-refractivity contribution in [3.63, 3.8) is 0 Å². The van der Waals surface area contributed by atoms with E-state index in [1.165, 1.54) is 12.1 Å². The van der Waals surface area contributed by atoms with Crippen LogP contribution in [0.1, 0.15) is 12.6 Å². The molecule has 0 fully saturated rings. The molecular formula is C17H16FN3. The second-order valence-electron chi connectivity index (χ2n) is 4.89. The van der Waals surface area contributed by atoms with E-state index in [0.717, 1.165) is 34.8 Å². The first-order valence-electron chi connectivity index (χ1n) is 6.92. The average molecular weight is 281 g/mol. The molecule has 0 N–H and O–H groups in total. The Kier molecular flexibility index (Phi) is 3.52. The SMILES string of the molecule is CCc1nc(-c2ccc(F)cc2)n(C)c1-c1cccnc1. The fourth-order valence-corrected chi connectivity index (χ4v) is 2.52. The van der Waals surface area contributed by atoms with Gasteiger partial charge in [-0.25, -0.2) is 9.37 Å². The van der Waals surface area contributed by atoms with Gasteiger partial charge in [-0.05, 0) is 42.8 Å². The Bertz CT molecular complexity index is 746. The van der Waals surface area contributed by atoms with Gasteiger partial charge in [-0.1, -0.05) is 6.92 Å². The van der Waals surface area contributed by atoms with Gasteiger partial charge < -0.3 is 4.57 Å². The second kappa shape index (κ2) is 5.48. The van der Waals surface area contributed by atoms with Crippen LogP contribution in [-0.2, 0) is 13.5 Å². The number of pyridine rings is 1. The van der Waals surface area contributed by atoms with Crippen molar-refractivity contribution in [1.29, 1.82) is 0 Å². The first-order valence-corrected chi connectivity index (χ1v) is 6.92. The van der Waals surface area contributed by atoms with Gasteiger partial charge in [0.2, 0.25) is 0 Å². The third-order valence-electron chi connectivity index (χ3n) is 3.54. The minimum atomic E-state index is -0.240. The number of nitrogens with zero attached hydrogens (tertiary/aromatic N) is 3. The highest BCUT2D eigenvalue weighted by atomic mass is 19.1. The summed E-state index contributed by atoms with van der Waals surface area (Å²) < 4.78 is 15.1. The van der Waals surface area contributed by atoms with Crippen LogP contribution in [0.4, 0.5) is 4.39 Å². The monoisotopic (exact) mass is 281 g/mol. The molecule has 0 saturated heterocycles. The molecule has 2 heterocycles. The van der Waals surface area contributed by atoms with Crippen molar-refractivity contribution in [1.82, 2.24) is 14.5 Å². The Balaban J connectivity index is 2.17. The largest absolute Gasteiger partial charge is 0.327 e. The third kappa shape index (κ3) is 2.44. The quantitative estimate of drug-likeness (QED) is 0.730. The van der Waals surface area contributed by atoms with Crippen LogP contribution < -0.4 is 0 Å². The van der Waals surface area contributed by atoms with Gasteiger partial charge in [0.25, 0.3) is 0 Å². The molecular weight excluding hydrogens is 265 g/mol. The number of hydrogen-bond acceptors (Lipinski definition) is 2. The minimum Gasteiger partial charge on any atom is -0.327 e. The average Bonchev–Trinajstić information content (AvgIpc) is 2.86. The molecule has 4 heteroatoms. The van der Waals surface area contributed by atoms with Crippen molar-refractivity contribution >= 4 is 0 Å². The predicted molar refractivity (Wildman–Crippen MR) is 81.2 cm³/mol. The Morgan fingerprint density at radius 1 is 1.10 bits per heavy atom. The zero-order chi connectivity index (χ0) is 14.8. The van der Waals surface area contributed by atoms with Crippen molar-refractivity contribution < 1.29 is 4.39 Å². The van der Waals surface area contributed by atoms with Gasteiger partial charge >= 0.3 is 0 Å². The van der Waals surface area contributed by atoms with E-state index in [9.17, 15) is 4.39 Å². The zero-order valence-electron chi connectivity index (χ0n) is 12.0. The Morgan fingerprint density at radius 3 is 2.48 bits per heavy atom. The molecule has 0 spiro atoms. The molecule has 0 bridgehead atoms. The van der Waals surface area contributed by atoms with Crippen molar-refractivity contribution in [2.24, 2.45) is 7.05 Å². The maximum Gasteiger partial charge on any atom is 0.140 e. The summed E-state index contributed by atoms with van der Waals surface area (Å²) in [6, 6.07) is 10.4. The molecule has 3 nitrogen and oxygen atoms in total. The van der Waals surface area contributed by atoms with E-state index < -0.39 is 0 Å². The second-order valence-corrected chi connectivity index (χ2v) is 4.89. The number of aryl methyl sites for hydroxylation is 1. The number of hydrogen-bond donors (Lipinski definition) is 0. The van der Waals surface area contributed by atoms with Crippen LogP contribution in [0, 0.1) is 5.82 Å². The van der Waals surface area contributed by atoms with E-state index in [2.05, 4.69) is 11.9 Å². The van der Waals surface area contributed by atoms with E-state index >= 15 is 0 Å². The third-order valence-corrected chi connectivity index (χ3v) is 3.54. The van der Waals surface area contributed by atoms with E-state index in [0.29, 0.717) is 0 Å².